The molecule has 0 nitrogen and oxygen atoms in total. The normalized spacial score (nSPS) is 39.9. The number of hydrogen-bond donors (Lipinski definition) is 0. The fourth-order valence-electron chi connectivity index (χ4n) is 2.96. The van der Waals surface area contributed by atoms with E-state index in [-0.39, 0.29) is 0 Å². The minimum Gasteiger partial charge on any atom is -0.0802 e. The van der Waals surface area contributed by atoms with Crippen LogP contribution in [0.3, 0.4) is 0 Å². The molecule has 0 heteroatoms. The lowest BCUT2D eigenvalue weighted by molar-refractivity contribution is 0.447. The van der Waals surface area contributed by atoms with Crippen molar-refractivity contribution in [1.29, 1.82) is 0 Å². The van der Waals surface area contributed by atoms with Gasteiger partial charge in [-0.25, -0.2) is 0 Å². The highest BCUT2D eigenvalue weighted by atomic mass is 14.4. The van der Waals surface area contributed by atoms with Crippen molar-refractivity contribution in [2.24, 2.45) is 17.8 Å². The first kappa shape index (κ1) is 7.37. The van der Waals surface area contributed by atoms with Crippen LogP contribution in [0, 0.1) is 17.8 Å². The van der Waals surface area contributed by atoms with Gasteiger partial charge in [0.05, 0.1) is 0 Å². The summed E-state index contributed by atoms with van der Waals surface area (Å²) in [5.74, 6) is 2.33. The number of allylic oxidation sites excluding steroid dienone is 8. The molecule has 3 atom stereocenters. The van der Waals surface area contributed by atoms with Crippen molar-refractivity contribution in [1.82, 2.24) is 0 Å². The predicted octanol–water partition coefficient (Wildman–Crippen LogP) is 3.25. The molecule has 3 aliphatic carbocycles. The van der Waals surface area contributed by atoms with Gasteiger partial charge in [0.25, 0.3) is 0 Å². The van der Waals surface area contributed by atoms with Gasteiger partial charge in [-0.1, -0.05) is 49.0 Å². The summed E-state index contributed by atoms with van der Waals surface area (Å²) in [5, 5.41) is 0. The molecule has 0 spiro atoms. The third-order valence-corrected chi connectivity index (χ3v) is 3.58. The summed E-state index contributed by atoms with van der Waals surface area (Å²) in [4.78, 5) is 0. The van der Waals surface area contributed by atoms with Crippen LogP contribution in [0.25, 0.3) is 0 Å². The molecule has 0 aromatic carbocycles. The lowest BCUT2D eigenvalue weighted by atomic mass is 9.79. The Morgan fingerprint density at radius 2 is 2.15 bits per heavy atom. The lowest BCUT2D eigenvalue weighted by Gasteiger charge is -2.25. The van der Waals surface area contributed by atoms with E-state index >= 15 is 0 Å². The van der Waals surface area contributed by atoms with E-state index in [0.717, 1.165) is 17.8 Å². The molecule has 0 N–H and O–H groups in total. The molecule has 0 saturated heterocycles. The van der Waals surface area contributed by atoms with Crippen molar-refractivity contribution < 1.29 is 0 Å². The van der Waals surface area contributed by atoms with Crippen molar-refractivity contribution in [2.75, 3.05) is 0 Å². The fourth-order valence-corrected chi connectivity index (χ4v) is 2.96. The van der Waals surface area contributed by atoms with Crippen LogP contribution in [-0.2, 0) is 0 Å². The second kappa shape index (κ2) is 2.47. The summed E-state index contributed by atoms with van der Waals surface area (Å²) in [5.41, 5.74) is 3.17. The zero-order valence-electron chi connectivity index (χ0n) is 7.90. The molecule has 0 amide bonds. The quantitative estimate of drug-likeness (QED) is 0.523. The van der Waals surface area contributed by atoms with Crippen LogP contribution >= 0.6 is 0 Å². The van der Waals surface area contributed by atoms with Crippen molar-refractivity contribution in [3.05, 3.63) is 47.6 Å². The molecule has 0 radical (unpaired) electrons. The fraction of sp³-hybridized carbons (Fsp3) is 0.385. The largest absolute Gasteiger partial charge is 0.0802 e. The van der Waals surface area contributed by atoms with Gasteiger partial charge in [0.1, 0.15) is 0 Å². The Morgan fingerprint density at radius 1 is 1.23 bits per heavy atom. The molecular formula is C13H14. The Morgan fingerprint density at radius 3 is 3.08 bits per heavy atom. The standard InChI is InChI=1S/C13H14/c1-9-8-11-6-2-4-10-5-3-7-12(9)13(10)11/h2-7,9,12-13H,8H2,1H3. The molecule has 3 rings (SSSR count). The van der Waals surface area contributed by atoms with Crippen LogP contribution in [0.1, 0.15) is 13.3 Å². The van der Waals surface area contributed by atoms with Crippen LogP contribution < -0.4 is 0 Å². The van der Waals surface area contributed by atoms with Gasteiger partial charge in [-0.2, -0.15) is 0 Å². The van der Waals surface area contributed by atoms with E-state index in [4.69, 9.17) is 0 Å². The van der Waals surface area contributed by atoms with Crippen LogP contribution in [-0.4, -0.2) is 0 Å². The first-order valence-electron chi connectivity index (χ1n) is 5.12. The van der Waals surface area contributed by atoms with Gasteiger partial charge < -0.3 is 0 Å². The summed E-state index contributed by atoms with van der Waals surface area (Å²) < 4.78 is 0. The molecule has 0 heterocycles. The van der Waals surface area contributed by atoms with E-state index < -0.39 is 0 Å². The van der Waals surface area contributed by atoms with Crippen molar-refractivity contribution in [3.63, 3.8) is 0 Å². The summed E-state index contributed by atoms with van der Waals surface area (Å²) in [7, 11) is 0. The van der Waals surface area contributed by atoms with E-state index in [1.807, 2.05) is 0 Å². The maximum atomic E-state index is 2.39. The zero-order chi connectivity index (χ0) is 8.84. The summed E-state index contributed by atoms with van der Waals surface area (Å²) in [6.07, 6.45) is 15.0. The molecule has 3 unspecified atom stereocenters. The first-order chi connectivity index (χ1) is 6.36. The molecule has 0 aliphatic heterocycles. The van der Waals surface area contributed by atoms with Crippen molar-refractivity contribution >= 4 is 0 Å². The van der Waals surface area contributed by atoms with E-state index in [1.54, 1.807) is 5.57 Å². The van der Waals surface area contributed by atoms with E-state index in [1.165, 1.54) is 12.0 Å². The molecule has 0 aromatic rings. The second-order valence-corrected chi connectivity index (χ2v) is 4.39. The lowest BCUT2D eigenvalue weighted by Crippen LogP contribution is -2.16. The maximum absolute atomic E-state index is 2.39. The monoisotopic (exact) mass is 170 g/mol. The van der Waals surface area contributed by atoms with Gasteiger partial charge in [-0.3, -0.25) is 0 Å². The zero-order valence-corrected chi connectivity index (χ0v) is 7.90. The molecule has 13 heavy (non-hydrogen) atoms. The Bertz CT molecular complexity index is 352. The number of rotatable bonds is 0. The molecule has 3 aliphatic rings. The molecule has 0 bridgehead atoms. The van der Waals surface area contributed by atoms with Crippen LogP contribution in [0.4, 0.5) is 0 Å². The molecule has 1 fully saturated rings. The molecule has 0 aromatic heterocycles. The van der Waals surface area contributed by atoms with Gasteiger partial charge >= 0.3 is 0 Å². The average Bonchev–Trinajstić information content (AvgIpc) is 2.47. The van der Waals surface area contributed by atoms with Crippen LogP contribution in [0.2, 0.25) is 0 Å². The Labute approximate surface area is 79.3 Å². The molecular weight excluding hydrogens is 156 g/mol. The van der Waals surface area contributed by atoms with Crippen LogP contribution in [0.15, 0.2) is 47.6 Å². The van der Waals surface area contributed by atoms with Crippen molar-refractivity contribution in [3.8, 4) is 0 Å². The van der Waals surface area contributed by atoms with E-state index in [9.17, 15) is 0 Å². The highest BCUT2D eigenvalue weighted by Crippen LogP contribution is 2.48. The van der Waals surface area contributed by atoms with Gasteiger partial charge in [0.2, 0.25) is 0 Å². The molecule has 1 saturated carbocycles. The van der Waals surface area contributed by atoms with Gasteiger partial charge in [0, 0.05) is 5.92 Å². The van der Waals surface area contributed by atoms with Gasteiger partial charge in [-0.15, -0.1) is 0 Å². The number of hydrogen-bond acceptors (Lipinski definition) is 0. The van der Waals surface area contributed by atoms with Crippen LogP contribution in [0.5, 0.6) is 0 Å². The minimum atomic E-state index is 0.727. The average molecular weight is 170 g/mol. The highest BCUT2D eigenvalue weighted by Gasteiger charge is 2.38. The summed E-state index contributed by atoms with van der Waals surface area (Å²) in [6.45, 7) is 2.37. The van der Waals surface area contributed by atoms with E-state index in [2.05, 4.69) is 43.4 Å². The SMILES string of the molecule is CC1CC2=CC=CC3=CC=CC1C32. The predicted molar refractivity (Wildman–Crippen MR) is 55.2 cm³/mol. The Balaban J connectivity index is 2.13. The Kier molecular flexibility index (Phi) is 1.40. The van der Waals surface area contributed by atoms with Gasteiger partial charge in [0.15, 0.2) is 0 Å². The van der Waals surface area contributed by atoms with E-state index in [0.29, 0.717) is 0 Å². The smallest absolute Gasteiger partial charge is 0.0117 e. The second-order valence-electron chi connectivity index (χ2n) is 4.39. The van der Waals surface area contributed by atoms with Crippen molar-refractivity contribution in [2.45, 2.75) is 13.3 Å². The summed E-state index contributed by atoms with van der Waals surface area (Å²) in [6, 6.07) is 0. The first-order valence-corrected chi connectivity index (χ1v) is 5.12. The third kappa shape index (κ3) is 0.918. The maximum Gasteiger partial charge on any atom is 0.0117 e. The minimum absolute atomic E-state index is 0.727. The highest BCUT2D eigenvalue weighted by molar-refractivity contribution is 5.46. The topological polar surface area (TPSA) is 0 Å². The Hall–Kier alpha value is -1.04. The molecule has 66 valence electrons. The third-order valence-electron chi connectivity index (χ3n) is 3.58. The van der Waals surface area contributed by atoms with Gasteiger partial charge in [-0.05, 0) is 23.8 Å². The summed E-state index contributed by atoms with van der Waals surface area (Å²) >= 11 is 0.